The molecule has 0 spiro atoms. The van der Waals surface area contributed by atoms with Crippen molar-refractivity contribution >= 4 is 24.0 Å². The van der Waals surface area contributed by atoms with Crippen LogP contribution < -0.4 is 0 Å². The van der Waals surface area contributed by atoms with Crippen molar-refractivity contribution in [2.24, 2.45) is 0 Å². The van der Waals surface area contributed by atoms with Gasteiger partial charge in [0, 0.05) is 0 Å². The maximum atomic E-state index is 8.50. The monoisotopic (exact) mass is 208 g/mol. The second kappa shape index (κ2) is 8.97. The van der Waals surface area contributed by atoms with Gasteiger partial charge in [0.2, 0.25) is 0 Å². The summed E-state index contributed by atoms with van der Waals surface area (Å²) < 4.78 is 17.0. The van der Waals surface area contributed by atoms with Crippen molar-refractivity contribution in [2.75, 3.05) is 0 Å². The summed E-state index contributed by atoms with van der Waals surface area (Å²) in [7, 11) is 0. The van der Waals surface area contributed by atoms with Gasteiger partial charge in [-0.15, -0.1) is 24.0 Å². The molecular weight excluding hydrogens is 207 g/mol. The molecule has 0 aliphatic carbocycles. The minimum atomic E-state index is -2.00. The van der Waals surface area contributed by atoms with Crippen LogP contribution in [0.2, 0.25) is 0 Å². The van der Waals surface area contributed by atoms with Gasteiger partial charge in [0.05, 0.1) is 0 Å². The van der Waals surface area contributed by atoms with Gasteiger partial charge in [-0.3, -0.25) is 0 Å². The first kappa shape index (κ1) is 8.90. The first-order valence-corrected chi connectivity index (χ1v) is 1.68. The van der Waals surface area contributed by atoms with Crippen LogP contribution in [-0.2, 0) is 25.7 Å². The van der Waals surface area contributed by atoms with E-state index < -0.39 is 19.1 Å². The van der Waals surface area contributed by atoms with Gasteiger partial charge in [0.25, 0.3) is 0 Å². The molecule has 0 unspecified atom stereocenters. The molecule has 0 heterocycles. The van der Waals surface area contributed by atoms with E-state index in [1.165, 1.54) is 0 Å². The molecule has 0 amide bonds. The molecule has 0 fully saturated rings. The van der Waals surface area contributed by atoms with E-state index in [9.17, 15) is 0 Å². The van der Waals surface area contributed by atoms with Gasteiger partial charge in [0.1, 0.15) is 0 Å². The Kier molecular flexibility index (Phi) is 20.0. The molecule has 0 aromatic carbocycles. The Morgan fingerprint density at radius 2 is 1.25 bits per heavy atom. The third kappa shape index (κ3) is 11.7. The van der Waals surface area contributed by atoms with E-state index in [0.717, 1.165) is 0 Å². The van der Waals surface area contributed by atoms with Gasteiger partial charge in [-0.2, -0.15) is 0 Å². The number of hydrogen-bond acceptors (Lipinski definition) is 2. The zero-order chi connectivity index (χ0) is 2.71. The quantitative estimate of drug-likeness (QED) is 0.425. The van der Waals surface area contributed by atoms with Crippen molar-refractivity contribution < 1.29 is 25.7 Å². The molecule has 24 valence electrons. The van der Waals surface area contributed by atoms with Gasteiger partial charge in [-0.1, -0.05) is 0 Å². The molecule has 0 aromatic heterocycles. The predicted octanol–water partition coefficient (Wildman–Crippen LogP) is 0.378. The molecule has 4 heavy (non-hydrogen) atoms. The Morgan fingerprint density at radius 3 is 1.25 bits per heavy atom. The molecule has 0 bridgehead atoms. The Morgan fingerprint density at radius 1 is 1.25 bits per heavy atom. The minimum absolute atomic E-state index is 0. The Balaban J connectivity index is 0. The first-order chi connectivity index (χ1) is 1.41. The molecule has 0 N–H and O–H groups in total. The van der Waals surface area contributed by atoms with E-state index >= 15 is 0 Å². The third-order valence-electron chi connectivity index (χ3n) is 0. The van der Waals surface area contributed by atoms with Crippen LogP contribution in [0.5, 0.6) is 0 Å². The maximum absolute atomic E-state index is 8.50. The van der Waals surface area contributed by atoms with Crippen LogP contribution in [0.15, 0.2) is 0 Å². The number of hydrogen-bond donors (Lipinski definition) is 0. The molecular formula is HIO2Ti. The molecule has 2 nitrogen and oxygen atoms in total. The van der Waals surface area contributed by atoms with E-state index in [4.69, 9.17) is 6.65 Å². The van der Waals surface area contributed by atoms with Crippen LogP contribution >= 0.6 is 24.0 Å². The summed E-state index contributed by atoms with van der Waals surface area (Å²) in [6, 6.07) is 0. The van der Waals surface area contributed by atoms with Gasteiger partial charge in [0.15, 0.2) is 0 Å². The van der Waals surface area contributed by atoms with Crippen molar-refractivity contribution in [3.8, 4) is 0 Å². The molecule has 0 atom stereocenters. The summed E-state index contributed by atoms with van der Waals surface area (Å²) in [5.41, 5.74) is 0. The van der Waals surface area contributed by atoms with Crippen LogP contribution in [0.25, 0.3) is 0 Å². The van der Waals surface area contributed by atoms with Crippen molar-refractivity contribution in [3.05, 3.63) is 0 Å². The molecule has 0 rings (SSSR count). The summed E-state index contributed by atoms with van der Waals surface area (Å²) >= 11 is -2.00. The Bertz CT molecular complexity index is 27.0. The Labute approximate surface area is 49.5 Å². The fourth-order valence-corrected chi connectivity index (χ4v) is 0. The van der Waals surface area contributed by atoms with Gasteiger partial charge in [-0.05, 0) is 0 Å². The van der Waals surface area contributed by atoms with Gasteiger partial charge < -0.3 is 0 Å². The molecule has 0 aliphatic rings. The average Bonchev–Trinajstić information content (AvgIpc) is 0.918. The van der Waals surface area contributed by atoms with Crippen LogP contribution in [0, 0.1) is 0 Å². The predicted molar refractivity (Wildman–Crippen MR) is 16.8 cm³/mol. The summed E-state index contributed by atoms with van der Waals surface area (Å²) in [6.45, 7) is 0. The van der Waals surface area contributed by atoms with Crippen LogP contribution in [0.3, 0.4) is 0 Å². The van der Waals surface area contributed by atoms with E-state index in [1.54, 1.807) is 0 Å². The SMILES string of the molecule is I.[O]=[Ti]=[O]. The molecule has 0 saturated heterocycles. The summed E-state index contributed by atoms with van der Waals surface area (Å²) in [6.07, 6.45) is 0. The summed E-state index contributed by atoms with van der Waals surface area (Å²) in [5, 5.41) is 0. The van der Waals surface area contributed by atoms with E-state index in [1.807, 2.05) is 0 Å². The zero-order valence-corrected chi connectivity index (χ0v) is 5.62. The van der Waals surface area contributed by atoms with Gasteiger partial charge in [-0.25, -0.2) is 0 Å². The third-order valence-corrected chi connectivity index (χ3v) is 0. The fraction of sp³-hybridized carbons (Fsp3) is 0. The standard InChI is InChI=1S/HI.2O.Ti/h1H;;;. The summed E-state index contributed by atoms with van der Waals surface area (Å²) in [4.78, 5) is 0. The number of halogens is 1. The topological polar surface area (TPSA) is 34.1 Å². The molecule has 4 heteroatoms. The van der Waals surface area contributed by atoms with Crippen LogP contribution in [-0.4, -0.2) is 0 Å². The molecule has 0 aliphatic heterocycles. The van der Waals surface area contributed by atoms with Crippen LogP contribution in [0.4, 0.5) is 0 Å². The first-order valence-electron chi connectivity index (χ1n) is 0.408. The molecule has 0 saturated carbocycles. The number of rotatable bonds is 0. The summed E-state index contributed by atoms with van der Waals surface area (Å²) in [5.74, 6) is 0. The van der Waals surface area contributed by atoms with Gasteiger partial charge >= 0.3 is 25.7 Å². The second-order valence-corrected chi connectivity index (χ2v) is 0.344. The van der Waals surface area contributed by atoms with Crippen molar-refractivity contribution in [2.45, 2.75) is 0 Å². The Hall–Kier alpha value is 1.04. The van der Waals surface area contributed by atoms with Crippen molar-refractivity contribution in [1.82, 2.24) is 0 Å². The van der Waals surface area contributed by atoms with Crippen LogP contribution in [0.1, 0.15) is 0 Å². The second-order valence-electron chi connectivity index (χ2n) is 0.0833. The molecule has 0 aromatic rings. The zero-order valence-electron chi connectivity index (χ0n) is 1.72. The van der Waals surface area contributed by atoms with Crippen molar-refractivity contribution in [1.29, 1.82) is 0 Å². The molecule has 0 radical (unpaired) electrons. The normalized spacial score (nSPS) is 2.00. The van der Waals surface area contributed by atoms with E-state index in [0.29, 0.717) is 0 Å². The van der Waals surface area contributed by atoms with E-state index in [-0.39, 0.29) is 24.0 Å². The average molecular weight is 208 g/mol. The van der Waals surface area contributed by atoms with Crippen molar-refractivity contribution in [3.63, 3.8) is 0 Å². The van der Waals surface area contributed by atoms with E-state index in [2.05, 4.69) is 0 Å². The fourth-order valence-electron chi connectivity index (χ4n) is 0.